The second-order valence-corrected chi connectivity index (χ2v) is 10.6. The number of carbonyl (C=O) groups excluding carboxylic acids is 2. The molecular weight excluding hydrogens is 507 g/mol. The fraction of sp³-hybridized carbons (Fsp3) is 0.481. The van der Waals surface area contributed by atoms with Crippen molar-refractivity contribution in [2.24, 2.45) is 17.1 Å². The van der Waals surface area contributed by atoms with Gasteiger partial charge in [-0.05, 0) is 60.8 Å². The first-order valence-corrected chi connectivity index (χ1v) is 12.6. The molecule has 2 aromatic rings. The number of alkyl halides is 3. The molecule has 1 aliphatic heterocycles. The van der Waals surface area contributed by atoms with Crippen molar-refractivity contribution in [2.45, 2.75) is 37.4 Å². The second kappa shape index (κ2) is 10.2. The number of hydrogen-bond acceptors (Lipinski definition) is 4. The molecule has 2 amide bonds. The van der Waals surface area contributed by atoms with Crippen LogP contribution in [0.3, 0.4) is 0 Å². The smallest absolute Gasteiger partial charge is 0.419 e. The van der Waals surface area contributed by atoms with Crippen LogP contribution in [-0.2, 0) is 10.3 Å². The van der Waals surface area contributed by atoms with Gasteiger partial charge in [0.2, 0.25) is 5.54 Å². The number of carbonyl (C=O) groups is 2. The standard InChI is InChI=1S/C27H31ClF3N3O3/c1-33(2)23(35)21-9-8-20(16-22(21)28)37-15-10-19-17-25(19)11-13-34(14-12-25)24(36)26(32,27(29,30)31)18-6-4-3-5-7-18/h3-9,16,19H,10-15,17,32H2,1-2H3/t19-,26-/m0/s1. The van der Waals surface area contributed by atoms with E-state index in [0.717, 1.165) is 12.8 Å². The van der Waals surface area contributed by atoms with Crippen molar-refractivity contribution in [3.63, 3.8) is 0 Å². The van der Waals surface area contributed by atoms with Gasteiger partial charge in [-0.3, -0.25) is 9.59 Å². The number of nitrogens with zero attached hydrogens (tertiary/aromatic N) is 2. The van der Waals surface area contributed by atoms with Crippen LogP contribution in [0.1, 0.15) is 41.6 Å². The molecule has 1 aliphatic carbocycles. The molecule has 6 nitrogen and oxygen atoms in total. The van der Waals surface area contributed by atoms with Crippen LogP contribution in [0, 0.1) is 11.3 Å². The molecule has 37 heavy (non-hydrogen) atoms. The lowest BCUT2D eigenvalue weighted by molar-refractivity contribution is -0.201. The molecule has 0 bridgehead atoms. The molecule has 1 saturated heterocycles. The van der Waals surface area contributed by atoms with Gasteiger partial charge in [0.25, 0.3) is 11.8 Å². The lowest BCUT2D eigenvalue weighted by Crippen LogP contribution is -2.62. The Morgan fingerprint density at radius 3 is 2.35 bits per heavy atom. The average molecular weight is 538 g/mol. The summed E-state index contributed by atoms with van der Waals surface area (Å²) in [6.07, 6.45) is -1.89. The van der Waals surface area contributed by atoms with Crippen LogP contribution in [0.4, 0.5) is 13.2 Å². The summed E-state index contributed by atoms with van der Waals surface area (Å²) >= 11 is 6.24. The first-order chi connectivity index (χ1) is 17.4. The van der Waals surface area contributed by atoms with E-state index >= 15 is 0 Å². The number of ether oxygens (including phenoxy) is 1. The highest BCUT2D eigenvalue weighted by Crippen LogP contribution is 2.61. The Morgan fingerprint density at radius 1 is 1.14 bits per heavy atom. The summed E-state index contributed by atoms with van der Waals surface area (Å²) in [5, 5.41) is 0.321. The van der Waals surface area contributed by atoms with Gasteiger partial charge < -0.3 is 20.3 Å². The molecule has 2 aliphatic rings. The Kier molecular flexibility index (Phi) is 7.50. The average Bonchev–Trinajstić information content (AvgIpc) is 3.53. The molecule has 4 rings (SSSR count). The number of rotatable bonds is 7. The van der Waals surface area contributed by atoms with Crippen LogP contribution < -0.4 is 10.5 Å². The van der Waals surface area contributed by atoms with Crippen LogP contribution in [0.15, 0.2) is 48.5 Å². The highest BCUT2D eigenvalue weighted by atomic mass is 35.5. The highest BCUT2D eigenvalue weighted by Gasteiger charge is 2.62. The van der Waals surface area contributed by atoms with Crippen molar-refractivity contribution in [3.8, 4) is 5.75 Å². The number of piperidine rings is 1. The number of hydrogen-bond donors (Lipinski definition) is 1. The van der Waals surface area contributed by atoms with Gasteiger partial charge in [-0.25, -0.2) is 0 Å². The largest absolute Gasteiger partial charge is 0.494 e. The SMILES string of the molecule is CN(C)C(=O)c1ccc(OCC[C@H]2CC23CCN(C(=O)[C@@](N)(c2ccccc2)C(F)(F)F)CC3)cc1Cl. The minimum absolute atomic E-state index is 0.0298. The summed E-state index contributed by atoms with van der Waals surface area (Å²) in [6.45, 7) is 0.949. The van der Waals surface area contributed by atoms with E-state index in [4.69, 9.17) is 22.1 Å². The van der Waals surface area contributed by atoms with Crippen LogP contribution in [0.2, 0.25) is 5.02 Å². The third kappa shape index (κ3) is 5.29. The molecule has 2 aromatic carbocycles. The van der Waals surface area contributed by atoms with E-state index in [9.17, 15) is 22.8 Å². The first-order valence-electron chi connectivity index (χ1n) is 12.2. The van der Waals surface area contributed by atoms with Gasteiger partial charge in [0.1, 0.15) is 5.75 Å². The maximum atomic E-state index is 14.0. The van der Waals surface area contributed by atoms with Crippen molar-refractivity contribution in [1.82, 2.24) is 9.80 Å². The van der Waals surface area contributed by atoms with Gasteiger partial charge in [0.05, 0.1) is 17.2 Å². The van der Waals surface area contributed by atoms with E-state index < -0.39 is 17.6 Å². The summed E-state index contributed by atoms with van der Waals surface area (Å²) in [5.74, 6) is -0.334. The topological polar surface area (TPSA) is 75.9 Å². The predicted molar refractivity (Wildman–Crippen MR) is 134 cm³/mol. The first kappa shape index (κ1) is 27.3. The van der Waals surface area contributed by atoms with Crippen molar-refractivity contribution < 1.29 is 27.5 Å². The van der Waals surface area contributed by atoms with Crippen LogP contribution >= 0.6 is 11.6 Å². The van der Waals surface area contributed by atoms with Gasteiger partial charge in [-0.15, -0.1) is 0 Å². The molecular formula is C27H31ClF3N3O3. The van der Waals surface area contributed by atoms with E-state index in [1.165, 1.54) is 34.1 Å². The molecule has 0 aromatic heterocycles. The Labute approximate surface area is 219 Å². The van der Waals surface area contributed by atoms with Crippen molar-refractivity contribution in [3.05, 3.63) is 64.7 Å². The fourth-order valence-corrected chi connectivity index (χ4v) is 5.54. The highest BCUT2D eigenvalue weighted by molar-refractivity contribution is 6.34. The zero-order chi connectivity index (χ0) is 27.0. The molecule has 2 atom stereocenters. The minimum atomic E-state index is -4.92. The molecule has 2 N–H and O–H groups in total. The number of amides is 2. The van der Waals surface area contributed by atoms with Crippen LogP contribution in [0.5, 0.6) is 5.75 Å². The molecule has 1 heterocycles. The second-order valence-electron chi connectivity index (χ2n) is 10.2. The van der Waals surface area contributed by atoms with E-state index in [1.807, 2.05) is 0 Å². The van der Waals surface area contributed by atoms with Crippen molar-refractivity contribution in [1.29, 1.82) is 0 Å². The maximum absolute atomic E-state index is 14.0. The quantitative estimate of drug-likeness (QED) is 0.547. The van der Waals surface area contributed by atoms with Gasteiger partial charge in [-0.2, -0.15) is 13.2 Å². The third-order valence-corrected chi connectivity index (χ3v) is 8.04. The summed E-state index contributed by atoms with van der Waals surface area (Å²) in [6, 6.07) is 11.9. The van der Waals surface area contributed by atoms with E-state index in [0.29, 0.717) is 41.7 Å². The van der Waals surface area contributed by atoms with Gasteiger partial charge in [0, 0.05) is 27.2 Å². The van der Waals surface area contributed by atoms with Gasteiger partial charge >= 0.3 is 6.18 Å². The normalized spacial score (nSPS) is 20.3. The van der Waals surface area contributed by atoms with E-state index in [2.05, 4.69) is 0 Å². The minimum Gasteiger partial charge on any atom is -0.494 e. The zero-order valence-electron chi connectivity index (χ0n) is 20.9. The number of nitrogens with two attached hydrogens (primary N) is 1. The fourth-order valence-electron chi connectivity index (χ4n) is 5.29. The Hall–Kier alpha value is -2.78. The monoisotopic (exact) mass is 537 g/mol. The van der Waals surface area contributed by atoms with Crippen molar-refractivity contribution >= 4 is 23.4 Å². The van der Waals surface area contributed by atoms with Crippen molar-refractivity contribution in [2.75, 3.05) is 33.8 Å². The number of halogens is 4. The molecule has 1 saturated carbocycles. The van der Waals surface area contributed by atoms with Crippen LogP contribution in [0.25, 0.3) is 0 Å². The summed E-state index contributed by atoms with van der Waals surface area (Å²) in [4.78, 5) is 27.9. The molecule has 0 unspecified atom stereocenters. The molecule has 1 spiro atoms. The molecule has 200 valence electrons. The lowest BCUT2D eigenvalue weighted by atomic mass is 9.85. The Bertz CT molecular complexity index is 1150. The van der Waals surface area contributed by atoms with Crippen LogP contribution in [-0.4, -0.2) is 61.6 Å². The van der Waals surface area contributed by atoms with Gasteiger partial charge in [0.15, 0.2) is 0 Å². The molecule has 2 fully saturated rings. The predicted octanol–water partition coefficient (Wildman–Crippen LogP) is 4.86. The summed E-state index contributed by atoms with van der Waals surface area (Å²) in [5.41, 5.74) is 2.90. The summed E-state index contributed by atoms with van der Waals surface area (Å²) < 4.78 is 47.9. The zero-order valence-corrected chi connectivity index (χ0v) is 21.6. The van der Waals surface area contributed by atoms with E-state index in [-0.39, 0.29) is 30.0 Å². The number of benzene rings is 2. The lowest BCUT2D eigenvalue weighted by Gasteiger charge is -2.39. The molecule has 10 heteroatoms. The third-order valence-electron chi connectivity index (χ3n) is 7.73. The summed E-state index contributed by atoms with van der Waals surface area (Å²) in [7, 11) is 3.31. The van der Waals surface area contributed by atoms with E-state index in [1.54, 1.807) is 38.4 Å². The van der Waals surface area contributed by atoms with Gasteiger partial charge in [-0.1, -0.05) is 41.9 Å². The number of likely N-dealkylation sites (tertiary alicyclic amines) is 1. The Balaban J connectivity index is 1.30. The molecule has 0 radical (unpaired) electrons. The Morgan fingerprint density at radius 2 is 1.78 bits per heavy atom. The maximum Gasteiger partial charge on any atom is 0.419 e.